The van der Waals surface area contributed by atoms with Crippen molar-refractivity contribution in [2.45, 2.75) is 23.3 Å². The highest BCUT2D eigenvalue weighted by atomic mass is 15.2. The van der Waals surface area contributed by atoms with Crippen LogP contribution in [0.15, 0.2) is 188 Å². The Kier molecular flexibility index (Phi) is 5.42. The van der Waals surface area contributed by atoms with E-state index < -0.39 is 0 Å². The monoisotopic (exact) mass is 650 g/mol. The van der Waals surface area contributed by atoms with Crippen molar-refractivity contribution in [1.82, 2.24) is 4.57 Å². The van der Waals surface area contributed by atoms with Crippen LogP contribution in [-0.2, 0) is 5.41 Å². The lowest BCUT2D eigenvalue weighted by molar-refractivity contribution is 0.462. The maximum atomic E-state index is 2.61. The van der Waals surface area contributed by atoms with E-state index in [9.17, 15) is 0 Å². The van der Waals surface area contributed by atoms with Crippen molar-refractivity contribution in [3.8, 4) is 16.8 Å². The number of fused-ring (bicyclic) bond motifs is 16. The summed E-state index contributed by atoms with van der Waals surface area (Å²) >= 11 is 0. The molecule has 2 heteroatoms. The molecule has 1 aliphatic heterocycles. The van der Waals surface area contributed by atoms with E-state index in [4.69, 9.17) is 0 Å². The third-order valence-electron chi connectivity index (χ3n) is 12.6. The Morgan fingerprint density at radius 2 is 1.16 bits per heavy atom. The fourth-order valence-corrected chi connectivity index (χ4v) is 10.7. The standard InChI is InChI=1S/C49H34N2/c1-7-19-41-33(13-1)34-14-2-8-20-42(34)49(41)43-27-25-31(50-45-21-9-3-15-35(45)36-16-4-10-22-46(36)50)29-39(43)40-30-32(26-28-44(40)49)51-47-23-11-5-17-37(47)38-18-6-12-24-48(38)51/h1-30,35,39,43,45H. The van der Waals surface area contributed by atoms with Gasteiger partial charge in [0.1, 0.15) is 0 Å². The number of hydrogen-bond donors (Lipinski definition) is 0. The Morgan fingerprint density at radius 3 is 1.92 bits per heavy atom. The van der Waals surface area contributed by atoms with Gasteiger partial charge < -0.3 is 9.47 Å². The van der Waals surface area contributed by atoms with Crippen LogP contribution in [0.25, 0.3) is 38.6 Å². The smallest absolute Gasteiger partial charge is 0.0629 e. The molecule has 12 rings (SSSR count). The van der Waals surface area contributed by atoms with Crippen molar-refractivity contribution < 1.29 is 0 Å². The topological polar surface area (TPSA) is 8.17 Å². The van der Waals surface area contributed by atoms with Gasteiger partial charge in [0.05, 0.1) is 22.5 Å². The molecule has 4 atom stereocenters. The summed E-state index contributed by atoms with van der Waals surface area (Å²) in [6.07, 6.45) is 16.8. The van der Waals surface area contributed by atoms with Gasteiger partial charge in [-0.25, -0.2) is 0 Å². The summed E-state index contributed by atoms with van der Waals surface area (Å²) in [6.45, 7) is 0. The van der Waals surface area contributed by atoms with Gasteiger partial charge in [-0.05, 0) is 75.4 Å². The number of para-hydroxylation sites is 3. The number of nitrogens with zero attached hydrogens (tertiary/aromatic N) is 2. The van der Waals surface area contributed by atoms with E-state index in [0.29, 0.717) is 5.92 Å². The zero-order chi connectivity index (χ0) is 33.3. The van der Waals surface area contributed by atoms with Crippen molar-refractivity contribution in [2.75, 3.05) is 4.90 Å². The predicted molar refractivity (Wildman–Crippen MR) is 210 cm³/mol. The summed E-state index contributed by atoms with van der Waals surface area (Å²) in [4.78, 5) is 2.60. The van der Waals surface area contributed by atoms with Crippen LogP contribution in [0.5, 0.6) is 0 Å². The second-order valence-electron chi connectivity index (χ2n) is 14.8. The SMILES string of the molecule is C1=CC2c3ccccc3N(C3=CC4c5cc(-n6c7ccccc7c7ccccc76)ccc5C5(c6ccccc6-c6ccccc65)C4C=C3)C2C=C1. The molecule has 5 aliphatic rings. The van der Waals surface area contributed by atoms with Gasteiger partial charge in [0, 0.05) is 45.6 Å². The minimum atomic E-state index is -0.274. The van der Waals surface area contributed by atoms with Crippen LogP contribution >= 0.6 is 0 Å². The van der Waals surface area contributed by atoms with Crippen molar-refractivity contribution >= 4 is 27.5 Å². The Morgan fingerprint density at radius 1 is 0.510 bits per heavy atom. The second kappa shape index (κ2) is 9.99. The van der Waals surface area contributed by atoms with Gasteiger partial charge in [0.2, 0.25) is 0 Å². The number of hydrogen-bond acceptors (Lipinski definition) is 1. The van der Waals surface area contributed by atoms with Gasteiger partial charge in [0.15, 0.2) is 0 Å². The summed E-state index contributed by atoms with van der Waals surface area (Å²) < 4.78 is 2.48. The van der Waals surface area contributed by atoms with E-state index in [2.05, 4.69) is 192 Å². The molecule has 0 saturated heterocycles. The van der Waals surface area contributed by atoms with Crippen LogP contribution in [-0.4, -0.2) is 10.6 Å². The Bertz CT molecular complexity index is 2650. The zero-order valence-corrected chi connectivity index (χ0v) is 28.0. The molecule has 0 saturated carbocycles. The molecule has 4 aliphatic carbocycles. The molecule has 240 valence electrons. The van der Waals surface area contributed by atoms with Gasteiger partial charge in [-0.15, -0.1) is 0 Å². The Labute approximate surface area is 297 Å². The van der Waals surface area contributed by atoms with Gasteiger partial charge in [-0.3, -0.25) is 0 Å². The van der Waals surface area contributed by atoms with Crippen molar-refractivity contribution in [1.29, 1.82) is 0 Å². The number of aromatic nitrogens is 1. The fraction of sp³-hybridized carbons (Fsp3) is 0.102. The van der Waals surface area contributed by atoms with E-state index in [1.165, 1.54) is 77.8 Å². The number of rotatable bonds is 2. The molecule has 4 unspecified atom stereocenters. The van der Waals surface area contributed by atoms with Gasteiger partial charge in [-0.1, -0.05) is 146 Å². The van der Waals surface area contributed by atoms with E-state index in [0.717, 1.165) is 0 Å². The quantitative estimate of drug-likeness (QED) is 0.181. The predicted octanol–water partition coefficient (Wildman–Crippen LogP) is 11.4. The lowest BCUT2D eigenvalue weighted by Gasteiger charge is -2.38. The third kappa shape index (κ3) is 3.43. The molecule has 0 fully saturated rings. The number of allylic oxidation sites excluding steroid dienone is 5. The summed E-state index contributed by atoms with van der Waals surface area (Å²) in [5.74, 6) is 0.794. The largest absolute Gasteiger partial charge is 0.334 e. The molecule has 0 amide bonds. The van der Waals surface area contributed by atoms with Crippen LogP contribution in [0.3, 0.4) is 0 Å². The molecule has 0 radical (unpaired) electrons. The van der Waals surface area contributed by atoms with Gasteiger partial charge >= 0.3 is 0 Å². The van der Waals surface area contributed by atoms with Crippen LogP contribution in [0.4, 0.5) is 5.69 Å². The van der Waals surface area contributed by atoms with E-state index >= 15 is 0 Å². The maximum Gasteiger partial charge on any atom is 0.0629 e. The maximum absolute atomic E-state index is 2.61. The zero-order valence-electron chi connectivity index (χ0n) is 28.0. The Hall–Kier alpha value is -6.12. The molecule has 0 N–H and O–H groups in total. The third-order valence-corrected chi connectivity index (χ3v) is 12.6. The summed E-state index contributed by atoms with van der Waals surface area (Å²) in [7, 11) is 0. The molecule has 6 aromatic carbocycles. The first-order valence-corrected chi connectivity index (χ1v) is 18.3. The average molecular weight is 651 g/mol. The number of anilines is 1. The number of benzene rings is 6. The molecule has 1 aromatic heterocycles. The molecular weight excluding hydrogens is 617 g/mol. The lowest BCUT2D eigenvalue weighted by atomic mass is 9.65. The minimum absolute atomic E-state index is 0.196. The fourth-order valence-electron chi connectivity index (χ4n) is 10.7. The first kappa shape index (κ1) is 27.7. The summed E-state index contributed by atoms with van der Waals surface area (Å²) in [6, 6.07) is 52.7. The normalized spacial score (nSPS) is 22.5. The molecule has 0 bridgehead atoms. The molecule has 51 heavy (non-hydrogen) atoms. The first-order valence-electron chi connectivity index (χ1n) is 18.3. The average Bonchev–Trinajstić information content (AvgIpc) is 3.90. The van der Waals surface area contributed by atoms with E-state index in [-0.39, 0.29) is 23.3 Å². The van der Waals surface area contributed by atoms with Crippen LogP contribution in [0, 0.1) is 5.92 Å². The summed E-state index contributed by atoms with van der Waals surface area (Å²) in [5.41, 5.74) is 15.9. The van der Waals surface area contributed by atoms with Crippen molar-refractivity contribution in [3.63, 3.8) is 0 Å². The lowest BCUT2D eigenvalue weighted by Crippen LogP contribution is -2.36. The van der Waals surface area contributed by atoms with E-state index in [1.54, 1.807) is 0 Å². The molecule has 2 nitrogen and oxygen atoms in total. The van der Waals surface area contributed by atoms with Crippen molar-refractivity contribution in [3.05, 3.63) is 216 Å². The molecule has 2 heterocycles. The van der Waals surface area contributed by atoms with Crippen LogP contribution in [0.2, 0.25) is 0 Å². The Balaban J connectivity index is 1.12. The van der Waals surface area contributed by atoms with E-state index in [1.807, 2.05) is 0 Å². The first-order chi connectivity index (χ1) is 25.3. The summed E-state index contributed by atoms with van der Waals surface area (Å²) in [5, 5.41) is 2.59. The van der Waals surface area contributed by atoms with Crippen LogP contribution in [0.1, 0.15) is 39.7 Å². The second-order valence-corrected chi connectivity index (χ2v) is 14.8. The van der Waals surface area contributed by atoms with Gasteiger partial charge in [-0.2, -0.15) is 0 Å². The van der Waals surface area contributed by atoms with Crippen molar-refractivity contribution in [2.24, 2.45) is 5.92 Å². The van der Waals surface area contributed by atoms with Gasteiger partial charge in [0.25, 0.3) is 0 Å². The highest BCUT2D eigenvalue weighted by Crippen LogP contribution is 2.66. The highest BCUT2D eigenvalue weighted by molar-refractivity contribution is 6.09. The molecule has 1 spiro atoms. The highest BCUT2D eigenvalue weighted by Gasteiger charge is 2.57. The molecular formula is C49H34N2. The van der Waals surface area contributed by atoms with Crippen LogP contribution < -0.4 is 4.90 Å². The minimum Gasteiger partial charge on any atom is -0.334 e. The molecule has 7 aromatic rings.